The van der Waals surface area contributed by atoms with Crippen molar-refractivity contribution in [3.8, 4) is 0 Å². The van der Waals surface area contributed by atoms with Gasteiger partial charge in [-0.3, -0.25) is 19.9 Å². The third-order valence-electron chi connectivity index (χ3n) is 8.21. The number of hydrogen-bond acceptors (Lipinski definition) is 10. The van der Waals surface area contributed by atoms with Crippen LogP contribution in [0.15, 0.2) is 108 Å². The fourth-order valence-electron chi connectivity index (χ4n) is 6.05. The molecule has 0 aromatic heterocycles. The molecule has 236 valence electrons. The molecule has 1 N–H and O–H groups in total. The number of rotatable bonds is 12. The van der Waals surface area contributed by atoms with Crippen LogP contribution < -0.4 is 5.32 Å². The number of methoxy groups -OCH3 is 1. The lowest BCUT2D eigenvalue weighted by atomic mass is 9.84. The van der Waals surface area contributed by atoms with Gasteiger partial charge in [-0.05, 0) is 30.0 Å². The Labute approximate surface area is 262 Å². The van der Waals surface area contributed by atoms with Gasteiger partial charge in [0.1, 0.15) is 0 Å². The van der Waals surface area contributed by atoms with E-state index in [0.717, 1.165) is 26.2 Å². The van der Waals surface area contributed by atoms with Gasteiger partial charge in [0, 0.05) is 50.1 Å². The van der Waals surface area contributed by atoms with Crippen molar-refractivity contribution in [1.29, 1.82) is 0 Å². The predicted octanol–water partition coefficient (Wildman–Crippen LogP) is 5.25. The number of nitro benzene ring substituents is 1. The first-order valence-electron chi connectivity index (χ1n) is 14.9. The zero-order valence-electron chi connectivity index (χ0n) is 25.7. The van der Waals surface area contributed by atoms with Crippen LogP contribution in [-0.4, -0.2) is 67.1 Å². The summed E-state index contributed by atoms with van der Waals surface area (Å²) in [6.07, 6.45) is 0. The van der Waals surface area contributed by atoms with Gasteiger partial charge >= 0.3 is 5.97 Å². The molecule has 1 fully saturated rings. The molecule has 0 amide bonds. The quantitative estimate of drug-likeness (QED) is 0.0954. The Morgan fingerprint density at radius 3 is 2.11 bits per heavy atom. The van der Waals surface area contributed by atoms with Crippen LogP contribution in [0, 0.1) is 10.1 Å². The molecule has 0 spiro atoms. The van der Waals surface area contributed by atoms with Crippen LogP contribution in [0.1, 0.15) is 42.5 Å². The Morgan fingerprint density at radius 1 is 0.911 bits per heavy atom. The van der Waals surface area contributed by atoms with Crippen molar-refractivity contribution in [2.75, 3.05) is 46.4 Å². The molecule has 45 heavy (non-hydrogen) atoms. The van der Waals surface area contributed by atoms with Crippen LogP contribution >= 0.6 is 0 Å². The standard InChI is InChI=1S/C34H38N4O7/c1-24-30(34(39)42-3)31(28-16-10-11-17-29(28)38(40)41)33(25(2)35-24)44-45-43-23-22-36-18-20-37(21-19-36)32(26-12-6-4-7-13-26)27-14-8-5-9-15-27/h4-17,31-32,35H,18-23H2,1-3H3. The molecule has 0 bridgehead atoms. The maximum atomic E-state index is 12.8. The second-order valence-corrected chi connectivity index (χ2v) is 11.0. The molecular weight excluding hydrogens is 576 g/mol. The molecule has 3 aromatic carbocycles. The van der Waals surface area contributed by atoms with Crippen LogP contribution in [0.2, 0.25) is 0 Å². The van der Waals surface area contributed by atoms with Gasteiger partial charge in [-0.2, -0.15) is 4.89 Å². The summed E-state index contributed by atoms with van der Waals surface area (Å²) < 4.78 is 5.01. The van der Waals surface area contributed by atoms with Crippen molar-refractivity contribution in [2.45, 2.75) is 25.8 Å². The van der Waals surface area contributed by atoms with E-state index in [2.05, 4.69) is 63.6 Å². The summed E-state index contributed by atoms with van der Waals surface area (Å²) in [6.45, 7) is 7.79. The molecule has 1 saturated heterocycles. The number of carbonyl (C=O) groups excluding carboxylic acids is 1. The van der Waals surface area contributed by atoms with E-state index < -0.39 is 16.8 Å². The number of benzene rings is 3. The van der Waals surface area contributed by atoms with Crippen LogP contribution in [-0.2, 0) is 24.3 Å². The highest BCUT2D eigenvalue weighted by Gasteiger charge is 2.39. The number of dihydropyridines is 1. The van der Waals surface area contributed by atoms with Crippen LogP contribution in [0.4, 0.5) is 5.69 Å². The first kappa shape index (κ1) is 31.9. The molecule has 0 aliphatic carbocycles. The Kier molecular flexibility index (Phi) is 10.6. The Morgan fingerprint density at radius 2 is 1.51 bits per heavy atom. The number of nitrogens with one attached hydrogen (secondary N) is 1. The van der Waals surface area contributed by atoms with Crippen molar-refractivity contribution in [2.24, 2.45) is 0 Å². The molecule has 0 saturated carbocycles. The van der Waals surface area contributed by atoms with Crippen molar-refractivity contribution in [3.63, 3.8) is 0 Å². The van der Waals surface area contributed by atoms with E-state index in [4.69, 9.17) is 19.6 Å². The van der Waals surface area contributed by atoms with Crippen molar-refractivity contribution >= 4 is 11.7 Å². The first-order valence-corrected chi connectivity index (χ1v) is 14.9. The number of para-hydroxylation sites is 1. The number of hydrogen-bond donors (Lipinski definition) is 1. The molecule has 1 atom stereocenters. The molecule has 5 rings (SSSR count). The monoisotopic (exact) mass is 614 g/mol. The number of carbonyl (C=O) groups is 1. The molecule has 3 aromatic rings. The second kappa shape index (κ2) is 15.0. The average Bonchev–Trinajstić information content (AvgIpc) is 3.06. The summed E-state index contributed by atoms with van der Waals surface area (Å²) in [5.41, 5.74) is 3.85. The van der Waals surface area contributed by atoms with Gasteiger partial charge in [0.05, 0.1) is 41.9 Å². The van der Waals surface area contributed by atoms with Gasteiger partial charge in [0.2, 0.25) is 0 Å². The summed E-state index contributed by atoms with van der Waals surface area (Å²) in [4.78, 5) is 40.0. The fraction of sp³-hybridized carbons (Fsp3) is 0.324. The average molecular weight is 615 g/mol. The first-order chi connectivity index (χ1) is 21.9. The van der Waals surface area contributed by atoms with Crippen LogP contribution in [0.25, 0.3) is 0 Å². The maximum absolute atomic E-state index is 12.8. The van der Waals surface area contributed by atoms with Gasteiger partial charge in [-0.15, -0.1) is 0 Å². The number of piperazine rings is 1. The molecule has 11 nitrogen and oxygen atoms in total. The fourth-order valence-corrected chi connectivity index (χ4v) is 6.05. The van der Waals surface area contributed by atoms with E-state index in [0.29, 0.717) is 17.9 Å². The summed E-state index contributed by atoms with van der Waals surface area (Å²) in [5, 5.41) is 20.1. The summed E-state index contributed by atoms with van der Waals surface area (Å²) >= 11 is 0. The smallest absolute Gasteiger partial charge is 0.336 e. The highest BCUT2D eigenvalue weighted by molar-refractivity contribution is 5.92. The summed E-state index contributed by atoms with van der Waals surface area (Å²) in [7, 11) is 1.26. The Hall–Kier alpha value is -4.55. The number of nitrogens with zero attached hydrogens (tertiary/aromatic N) is 3. The van der Waals surface area contributed by atoms with Crippen molar-refractivity contribution < 1.29 is 29.3 Å². The van der Waals surface area contributed by atoms with Crippen molar-refractivity contribution in [1.82, 2.24) is 15.1 Å². The lowest BCUT2D eigenvalue weighted by molar-refractivity contribution is -0.497. The van der Waals surface area contributed by atoms with Gasteiger partial charge in [-0.1, -0.05) is 78.9 Å². The van der Waals surface area contributed by atoms with E-state index in [1.165, 1.54) is 24.3 Å². The van der Waals surface area contributed by atoms with E-state index in [9.17, 15) is 14.9 Å². The normalized spacial score (nSPS) is 17.7. The molecule has 1 unspecified atom stereocenters. The van der Waals surface area contributed by atoms with Gasteiger partial charge < -0.3 is 14.9 Å². The summed E-state index contributed by atoms with van der Waals surface area (Å²) in [6, 6.07) is 27.5. The van der Waals surface area contributed by atoms with Gasteiger partial charge in [0.25, 0.3) is 5.69 Å². The van der Waals surface area contributed by atoms with Crippen molar-refractivity contribution in [3.05, 3.63) is 134 Å². The van der Waals surface area contributed by atoms with E-state index >= 15 is 0 Å². The van der Waals surface area contributed by atoms with Gasteiger partial charge in [0.15, 0.2) is 5.76 Å². The number of nitro groups is 1. The Bertz CT molecular complexity index is 1500. The SMILES string of the molecule is COC(=O)C1=C(C)NC(C)=C(OOOCCN2CCN(C(c3ccccc3)c3ccccc3)CC2)C1c1ccccc1[N+](=O)[O-]. The predicted molar refractivity (Wildman–Crippen MR) is 167 cm³/mol. The largest absolute Gasteiger partial charge is 0.466 e. The second-order valence-electron chi connectivity index (χ2n) is 11.0. The van der Waals surface area contributed by atoms with Crippen LogP contribution in [0.5, 0.6) is 0 Å². The zero-order valence-corrected chi connectivity index (χ0v) is 25.7. The third kappa shape index (κ3) is 7.40. The van der Waals surface area contributed by atoms with E-state index in [-0.39, 0.29) is 35.2 Å². The molecule has 2 heterocycles. The highest BCUT2D eigenvalue weighted by atomic mass is 17.5. The minimum atomic E-state index is -0.945. The maximum Gasteiger partial charge on any atom is 0.336 e. The number of esters is 1. The van der Waals surface area contributed by atoms with Gasteiger partial charge in [-0.25, -0.2) is 4.79 Å². The molecule has 11 heteroatoms. The highest BCUT2D eigenvalue weighted by Crippen LogP contribution is 2.42. The lowest BCUT2D eigenvalue weighted by Crippen LogP contribution is -2.48. The molecule has 0 radical (unpaired) electrons. The third-order valence-corrected chi connectivity index (χ3v) is 8.21. The molecule has 2 aliphatic heterocycles. The van der Waals surface area contributed by atoms with E-state index in [1.807, 2.05) is 12.1 Å². The lowest BCUT2D eigenvalue weighted by Gasteiger charge is -2.39. The molecular formula is C34H38N4O7. The number of ether oxygens (including phenoxy) is 1. The Balaban J connectivity index is 1.19. The zero-order chi connectivity index (χ0) is 31.8. The summed E-state index contributed by atoms with van der Waals surface area (Å²) in [5.74, 6) is -1.42. The van der Waals surface area contributed by atoms with Crippen LogP contribution in [0.3, 0.4) is 0 Å². The number of allylic oxidation sites excluding steroid dienone is 3. The minimum Gasteiger partial charge on any atom is -0.466 e. The van der Waals surface area contributed by atoms with E-state index in [1.54, 1.807) is 32.0 Å². The topological polar surface area (TPSA) is 116 Å². The minimum absolute atomic E-state index is 0.158. The molecule has 2 aliphatic rings.